The van der Waals surface area contributed by atoms with Crippen molar-refractivity contribution in [3.8, 4) is 0 Å². The lowest BCUT2D eigenvalue weighted by molar-refractivity contribution is 0.601. The number of anilines is 1. The van der Waals surface area contributed by atoms with Crippen LogP contribution in [-0.4, -0.2) is 18.2 Å². The molecule has 0 saturated heterocycles. The molecule has 1 heterocycles. The largest absolute Gasteiger partial charge is 0.276 e. The fourth-order valence-corrected chi connectivity index (χ4v) is 4.43. The molecule has 1 N–H and O–H groups in total. The fourth-order valence-electron chi connectivity index (χ4n) is 1.47. The number of aromatic nitrogens is 2. The van der Waals surface area contributed by atoms with Gasteiger partial charge < -0.3 is 0 Å². The number of hydrogen-bond acceptors (Lipinski definition) is 3. The summed E-state index contributed by atoms with van der Waals surface area (Å²) in [5.41, 5.74) is 0.331. The number of hydrogen-bond donors (Lipinski definition) is 1. The lowest BCUT2D eigenvalue weighted by atomic mass is 10.4. The summed E-state index contributed by atoms with van der Waals surface area (Å²) in [5.74, 6) is 0. The highest BCUT2D eigenvalue weighted by Crippen LogP contribution is 2.33. The normalized spacial score (nSPS) is 11.6. The van der Waals surface area contributed by atoms with Crippen molar-refractivity contribution in [2.24, 2.45) is 7.05 Å². The molecule has 0 aliphatic heterocycles. The molecule has 102 valence electrons. The number of nitrogens with one attached hydrogen (secondary N) is 1. The topological polar surface area (TPSA) is 64.0 Å². The maximum atomic E-state index is 12.2. The van der Waals surface area contributed by atoms with Crippen molar-refractivity contribution in [3.05, 3.63) is 39.0 Å². The highest BCUT2D eigenvalue weighted by atomic mass is 79.9. The Hall–Kier alpha value is -0.760. The molecule has 0 bridgehead atoms. The number of sulfonamides is 1. The maximum absolute atomic E-state index is 12.2. The predicted molar refractivity (Wildman–Crippen MR) is 78.2 cm³/mol. The molecule has 0 atom stereocenters. The smallest absolute Gasteiger partial charge is 0.264 e. The van der Waals surface area contributed by atoms with Crippen molar-refractivity contribution in [3.63, 3.8) is 0 Å². The van der Waals surface area contributed by atoms with Crippen LogP contribution in [0.15, 0.2) is 33.9 Å². The van der Waals surface area contributed by atoms with Gasteiger partial charge in [-0.2, -0.15) is 5.10 Å². The molecule has 0 saturated carbocycles. The fraction of sp³-hybridized carbons (Fsp3) is 0.100. The zero-order chi connectivity index (χ0) is 14.2. The van der Waals surface area contributed by atoms with Crippen LogP contribution in [0.3, 0.4) is 0 Å². The Morgan fingerprint density at radius 3 is 2.37 bits per heavy atom. The van der Waals surface area contributed by atoms with Gasteiger partial charge in [0.1, 0.15) is 4.90 Å². The minimum absolute atomic E-state index is 0.0377. The Bertz CT molecular complexity index is 707. The monoisotopic (exact) mass is 383 g/mol. The summed E-state index contributed by atoms with van der Waals surface area (Å²) in [4.78, 5) is -0.164. The third kappa shape index (κ3) is 3.22. The molecule has 0 spiro atoms. The Kier molecular flexibility index (Phi) is 4.10. The van der Waals surface area contributed by atoms with E-state index in [1.165, 1.54) is 29.2 Å². The molecule has 0 amide bonds. The van der Waals surface area contributed by atoms with Crippen molar-refractivity contribution in [1.82, 2.24) is 9.78 Å². The summed E-state index contributed by atoms with van der Waals surface area (Å²) < 4.78 is 28.9. The second-order valence-electron chi connectivity index (χ2n) is 3.71. The number of rotatable bonds is 3. The molecule has 2 aromatic rings. The molecule has 2 rings (SSSR count). The zero-order valence-corrected chi connectivity index (χ0v) is 13.5. The molecule has 1 aromatic carbocycles. The Balaban J connectivity index is 2.45. The van der Waals surface area contributed by atoms with Crippen molar-refractivity contribution < 1.29 is 8.42 Å². The summed E-state index contributed by atoms with van der Waals surface area (Å²) in [5, 5.41) is 3.95. The first-order valence-electron chi connectivity index (χ1n) is 4.95. The van der Waals surface area contributed by atoms with Gasteiger partial charge in [0.2, 0.25) is 0 Å². The van der Waals surface area contributed by atoms with E-state index in [-0.39, 0.29) is 14.9 Å². The lowest BCUT2D eigenvalue weighted by Gasteiger charge is -2.10. The number of benzene rings is 1. The van der Waals surface area contributed by atoms with Gasteiger partial charge in [0, 0.05) is 17.7 Å². The number of nitrogens with zero attached hydrogens (tertiary/aromatic N) is 2. The van der Waals surface area contributed by atoms with Gasteiger partial charge >= 0.3 is 0 Å². The average molecular weight is 385 g/mol. The first kappa shape index (κ1) is 14.6. The van der Waals surface area contributed by atoms with E-state index in [4.69, 9.17) is 23.2 Å². The molecule has 1 aromatic heterocycles. The van der Waals surface area contributed by atoms with Crippen LogP contribution in [0, 0.1) is 0 Å². The van der Waals surface area contributed by atoms with Gasteiger partial charge in [-0.05, 0) is 12.1 Å². The predicted octanol–water partition coefficient (Wildman–Crippen LogP) is 3.29. The van der Waals surface area contributed by atoms with Crippen LogP contribution < -0.4 is 4.72 Å². The van der Waals surface area contributed by atoms with Gasteiger partial charge in [-0.15, -0.1) is 0 Å². The van der Waals surface area contributed by atoms with Crippen LogP contribution in [0.4, 0.5) is 5.69 Å². The van der Waals surface area contributed by atoms with Crippen LogP contribution >= 0.6 is 39.1 Å². The first-order chi connectivity index (χ1) is 8.79. The first-order valence-corrected chi connectivity index (χ1v) is 7.99. The molecular weight excluding hydrogens is 377 g/mol. The van der Waals surface area contributed by atoms with E-state index in [1.54, 1.807) is 7.05 Å². The van der Waals surface area contributed by atoms with E-state index in [1.807, 2.05) is 0 Å². The number of halogens is 3. The van der Waals surface area contributed by atoms with Crippen LogP contribution in [0.25, 0.3) is 0 Å². The van der Waals surface area contributed by atoms with E-state index in [0.29, 0.717) is 10.2 Å². The second kappa shape index (κ2) is 5.32. The van der Waals surface area contributed by atoms with Crippen molar-refractivity contribution in [2.45, 2.75) is 4.90 Å². The van der Waals surface area contributed by atoms with Crippen molar-refractivity contribution in [1.29, 1.82) is 0 Å². The van der Waals surface area contributed by atoms with Crippen LogP contribution in [0.2, 0.25) is 10.0 Å². The highest BCUT2D eigenvalue weighted by Gasteiger charge is 2.23. The standard InChI is InChI=1S/C10H8BrCl2N3O2S/c1-16-5-7(4-14-16)15-19(17,18)10-8(12)2-6(11)3-9(10)13/h2-5,15H,1H3. The average Bonchev–Trinajstić information content (AvgIpc) is 2.60. The molecular formula is C10H8BrCl2N3O2S. The van der Waals surface area contributed by atoms with Gasteiger partial charge in [-0.25, -0.2) is 8.42 Å². The molecule has 0 aliphatic rings. The van der Waals surface area contributed by atoms with Crippen LogP contribution in [-0.2, 0) is 17.1 Å². The van der Waals surface area contributed by atoms with Gasteiger partial charge in [0.05, 0.1) is 21.9 Å². The second-order valence-corrected chi connectivity index (χ2v) is 7.06. The molecule has 0 aliphatic carbocycles. The third-order valence-corrected chi connectivity index (χ3v) is 4.95. The summed E-state index contributed by atoms with van der Waals surface area (Å²) >= 11 is 15.1. The summed E-state index contributed by atoms with van der Waals surface area (Å²) in [7, 11) is -2.19. The van der Waals surface area contributed by atoms with Gasteiger partial charge in [0.25, 0.3) is 10.0 Å². The third-order valence-electron chi connectivity index (χ3n) is 2.19. The highest BCUT2D eigenvalue weighted by molar-refractivity contribution is 9.10. The Morgan fingerprint density at radius 2 is 1.89 bits per heavy atom. The van der Waals surface area contributed by atoms with Gasteiger partial charge in [0.15, 0.2) is 0 Å². The molecule has 0 radical (unpaired) electrons. The van der Waals surface area contributed by atoms with Gasteiger partial charge in [-0.1, -0.05) is 39.1 Å². The summed E-state index contributed by atoms with van der Waals surface area (Å²) in [6.07, 6.45) is 2.91. The number of aryl methyl sites for hydroxylation is 1. The molecule has 5 nitrogen and oxygen atoms in total. The molecule has 0 fully saturated rings. The van der Waals surface area contributed by atoms with E-state index in [2.05, 4.69) is 25.8 Å². The zero-order valence-electron chi connectivity index (χ0n) is 9.56. The van der Waals surface area contributed by atoms with Crippen LogP contribution in [0.1, 0.15) is 0 Å². The lowest BCUT2D eigenvalue weighted by Crippen LogP contribution is -2.13. The molecule has 19 heavy (non-hydrogen) atoms. The maximum Gasteiger partial charge on any atom is 0.264 e. The van der Waals surface area contributed by atoms with Crippen molar-refractivity contribution in [2.75, 3.05) is 4.72 Å². The Morgan fingerprint density at radius 1 is 1.32 bits per heavy atom. The quantitative estimate of drug-likeness (QED) is 0.882. The summed E-state index contributed by atoms with van der Waals surface area (Å²) in [6, 6.07) is 2.93. The SMILES string of the molecule is Cn1cc(NS(=O)(=O)c2c(Cl)cc(Br)cc2Cl)cn1. The minimum atomic E-state index is -3.87. The molecule has 0 unspecified atom stereocenters. The van der Waals surface area contributed by atoms with Crippen molar-refractivity contribution >= 4 is 54.8 Å². The van der Waals surface area contributed by atoms with E-state index in [9.17, 15) is 8.42 Å². The van der Waals surface area contributed by atoms with Crippen LogP contribution in [0.5, 0.6) is 0 Å². The summed E-state index contributed by atoms with van der Waals surface area (Å²) in [6.45, 7) is 0. The van der Waals surface area contributed by atoms with E-state index < -0.39 is 10.0 Å². The molecule has 9 heteroatoms. The Labute approximate surface area is 128 Å². The van der Waals surface area contributed by atoms with E-state index in [0.717, 1.165) is 0 Å². The minimum Gasteiger partial charge on any atom is -0.276 e. The van der Waals surface area contributed by atoms with Gasteiger partial charge in [-0.3, -0.25) is 9.40 Å². The van der Waals surface area contributed by atoms with E-state index >= 15 is 0 Å².